The molecule has 20 nitrogen and oxygen atoms in total. The van der Waals surface area contributed by atoms with Crippen molar-refractivity contribution in [1.29, 1.82) is 0 Å². The quantitative estimate of drug-likeness (QED) is 0.0637. The fraction of sp³-hybridized carbons (Fsp3) is 0.349. The molecule has 0 aliphatic carbocycles. The minimum absolute atomic E-state index is 0.00636. The van der Waals surface area contributed by atoms with Crippen molar-refractivity contribution in [3.05, 3.63) is 89.5 Å². The molecule has 2 aromatic heterocycles. The number of nitrogens with zero attached hydrogens (tertiary/aromatic N) is 5. The number of piperidine rings is 1. The molecule has 2 fully saturated rings. The fourth-order valence-electron chi connectivity index (χ4n) is 7.40. The van der Waals surface area contributed by atoms with Crippen molar-refractivity contribution in [2.75, 3.05) is 62.0 Å². The molecule has 2 saturated heterocycles. The van der Waals surface area contributed by atoms with Gasteiger partial charge < -0.3 is 41.8 Å². The largest absolute Gasteiger partial charge is 0.483 e. The Labute approximate surface area is 361 Å². The van der Waals surface area contributed by atoms with Crippen LogP contribution in [0.3, 0.4) is 0 Å². The third kappa shape index (κ3) is 10.4. The van der Waals surface area contributed by atoms with Gasteiger partial charge in [0.1, 0.15) is 11.8 Å². The Balaban J connectivity index is 0.801. The van der Waals surface area contributed by atoms with E-state index in [-0.39, 0.29) is 53.7 Å². The lowest BCUT2D eigenvalue weighted by atomic mass is 10.0. The van der Waals surface area contributed by atoms with Gasteiger partial charge in [-0.15, -0.1) is 0 Å². The van der Waals surface area contributed by atoms with E-state index < -0.39 is 54.1 Å². The molecule has 4 aromatic rings. The number of hydrogen-bond acceptors (Lipinski definition) is 15. The van der Waals surface area contributed by atoms with Gasteiger partial charge in [0.25, 0.3) is 23.6 Å². The number of unbranched alkanes of at least 4 members (excludes halogenated alkanes) is 1. The monoisotopic (exact) mass is 861 g/mol. The van der Waals surface area contributed by atoms with Crippen LogP contribution in [0.2, 0.25) is 0 Å². The van der Waals surface area contributed by atoms with Crippen molar-refractivity contribution in [2.45, 2.75) is 50.6 Å². The molecule has 0 bridgehead atoms. The van der Waals surface area contributed by atoms with Crippen molar-refractivity contribution in [1.82, 2.24) is 35.8 Å². The number of benzene rings is 2. The third-order valence-corrected chi connectivity index (χ3v) is 10.8. The van der Waals surface area contributed by atoms with Gasteiger partial charge in [0.15, 0.2) is 18.1 Å². The molecule has 2 atom stereocenters. The lowest BCUT2D eigenvalue weighted by Gasteiger charge is -2.30. The summed E-state index contributed by atoms with van der Waals surface area (Å²) in [5.74, 6) is -3.87. The molecular formula is C43H47N11O9. The van der Waals surface area contributed by atoms with E-state index in [4.69, 9.17) is 20.9 Å². The number of imide groups is 2. The van der Waals surface area contributed by atoms with Gasteiger partial charge in [0.2, 0.25) is 17.7 Å². The highest BCUT2D eigenvalue weighted by Crippen LogP contribution is 2.34. The number of amides is 7. The minimum atomic E-state index is -1.12. The molecule has 7 rings (SSSR count). The highest BCUT2D eigenvalue weighted by molar-refractivity contribution is 6.24. The van der Waals surface area contributed by atoms with E-state index in [0.717, 1.165) is 21.7 Å². The van der Waals surface area contributed by atoms with E-state index in [1.165, 1.54) is 24.4 Å². The van der Waals surface area contributed by atoms with E-state index >= 15 is 0 Å². The van der Waals surface area contributed by atoms with Crippen molar-refractivity contribution >= 4 is 58.5 Å². The summed E-state index contributed by atoms with van der Waals surface area (Å²) < 4.78 is 11.1. The summed E-state index contributed by atoms with van der Waals surface area (Å²) in [6, 6.07) is 11.9. The number of fused-ring (bicyclic) bond motifs is 1. The molecular weight excluding hydrogens is 815 g/mol. The molecule has 7 amide bonds. The number of nitrogens with one attached hydrogen (secondary N) is 4. The smallest absolute Gasteiger partial charge is 0.278 e. The number of carbonyl (C=O) groups is 7. The number of rotatable bonds is 17. The van der Waals surface area contributed by atoms with Crippen LogP contribution >= 0.6 is 0 Å². The van der Waals surface area contributed by atoms with Gasteiger partial charge >= 0.3 is 0 Å². The SMILES string of the molecule is Nc1ncc(-c2ccc(CCNC(=O)[C@@H](N)CCCCNC(=O)COc3cccc4c3C(=O)N(C3CCC(=O)NC3=O)C4=O)cc2)nc1C(=O)Nc1cnccc1N1CCOCC1. The first-order chi connectivity index (χ1) is 30.5. The number of morpholine rings is 1. The summed E-state index contributed by atoms with van der Waals surface area (Å²) in [5, 5.41) is 10.6. The Morgan fingerprint density at radius 3 is 2.52 bits per heavy atom. The Morgan fingerprint density at radius 2 is 1.75 bits per heavy atom. The summed E-state index contributed by atoms with van der Waals surface area (Å²) in [7, 11) is 0. The predicted molar refractivity (Wildman–Crippen MR) is 227 cm³/mol. The van der Waals surface area contributed by atoms with Crippen LogP contribution < -0.4 is 42.4 Å². The number of nitrogen functional groups attached to an aromatic ring is 1. The summed E-state index contributed by atoms with van der Waals surface area (Å²) in [4.78, 5) is 105. The maximum atomic E-state index is 13.3. The molecule has 2 aromatic carbocycles. The van der Waals surface area contributed by atoms with E-state index in [1.807, 2.05) is 30.3 Å². The second kappa shape index (κ2) is 20.0. The second-order valence-electron chi connectivity index (χ2n) is 15.0. The molecule has 0 saturated carbocycles. The van der Waals surface area contributed by atoms with Crippen LogP contribution in [-0.4, -0.2) is 119 Å². The molecule has 0 spiro atoms. The third-order valence-electron chi connectivity index (χ3n) is 10.8. The van der Waals surface area contributed by atoms with Gasteiger partial charge in [-0.2, -0.15) is 0 Å². The summed E-state index contributed by atoms with van der Waals surface area (Å²) in [5.41, 5.74) is 15.7. The van der Waals surface area contributed by atoms with Gasteiger partial charge in [0.05, 0.1) is 59.8 Å². The van der Waals surface area contributed by atoms with Gasteiger partial charge in [-0.3, -0.25) is 48.8 Å². The van der Waals surface area contributed by atoms with Gasteiger partial charge in [-0.05, 0) is 55.9 Å². The van der Waals surface area contributed by atoms with Crippen LogP contribution in [0.4, 0.5) is 17.2 Å². The first-order valence-electron chi connectivity index (χ1n) is 20.6. The number of aromatic nitrogens is 3. The number of nitrogens with two attached hydrogens (primary N) is 2. The van der Waals surface area contributed by atoms with Crippen molar-refractivity contribution < 1.29 is 43.0 Å². The maximum Gasteiger partial charge on any atom is 0.278 e. The number of carbonyl (C=O) groups excluding carboxylic acids is 7. The Hall–Kier alpha value is -7.32. The van der Waals surface area contributed by atoms with Crippen LogP contribution in [0.25, 0.3) is 11.3 Å². The molecule has 3 aliphatic rings. The number of hydrogen-bond donors (Lipinski definition) is 6. The summed E-state index contributed by atoms with van der Waals surface area (Å²) >= 11 is 0. The Bertz CT molecular complexity index is 2410. The van der Waals surface area contributed by atoms with Crippen LogP contribution in [-0.2, 0) is 30.3 Å². The molecule has 0 radical (unpaired) electrons. The fourth-order valence-corrected chi connectivity index (χ4v) is 7.40. The van der Waals surface area contributed by atoms with E-state index in [0.29, 0.717) is 69.9 Å². The van der Waals surface area contributed by atoms with Gasteiger partial charge in [-0.1, -0.05) is 30.3 Å². The molecule has 20 heteroatoms. The zero-order chi connectivity index (χ0) is 44.5. The van der Waals surface area contributed by atoms with Crippen LogP contribution in [0.5, 0.6) is 5.75 Å². The first-order valence-corrected chi connectivity index (χ1v) is 20.6. The van der Waals surface area contributed by atoms with E-state index in [2.05, 4.69) is 41.1 Å². The van der Waals surface area contributed by atoms with Crippen LogP contribution in [0.15, 0.2) is 67.1 Å². The first kappa shape index (κ1) is 43.8. The standard InChI is InChI=1S/C43H47N11O9/c44-28(5-1-2-15-47-35(56)24-63-33-6-3-4-27-36(33)43(61)54(42(27)60)32-11-12-34(55)52-40(32)58)39(57)48-17-13-25-7-9-26(10-8-25)29-23-49-38(45)37(50-29)41(59)51-30-22-46-16-14-31(30)53-18-20-62-21-19-53/h3-4,6-10,14,16,22-23,28,32H,1-2,5,11-13,15,17-21,24,44H2,(H2,45,49)(H,47,56)(H,48,57)(H,51,59)(H,52,55,58)/t28-,32?/m0/s1. The minimum Gasteiger partial charge on any atom is -0.483 e. The van der Waals surface area contributed by atoms with E-state index in [9.17, 15) is 33.6 Å². The summed E-state index contributed by atoms with van der Waals surface area (Å²) in [6.07, 6.45) is 6.79. The molecule has 8 N–H and O–H groups in total. The average molecular weight is 862 g/mol. The molecule has 63 heavy (non-hydrogen) atoms. The zero-order valence-corrected chi connectivity index (χ0v) is 34.3. The number of anilines is 3. The topological polar surface area (TPSA) is 283 Å². The molecule has 3 aliphatic heterocycles. The van der Waals surface area contributed by atoms with E-state index in [1.54, 1.807) is 12.4 Å². The van der Waals surface area contributed by atoms with Gasteiger partial charge in [-0.25, -0.2) is 9.97 Å². The second-order valence-corrected chi connectivity index (χ2v) is 15.0. The van der Waals surface area contributed by atoms with Crippen LogP contribution in [0, 0.1) is 0 Å². The molecule has 1 unspecified atom stereocenters. The maximum absolute atomic E-state index is 13.3. The highest BCUT2D eigenvalue weighted by atomic mass is 16.5. The van der Waals surface area contributed by atoms with Crippen molar-refractivity contribution in [3.8, 4) is 17.0 Å². The van der Waals surface area contributed by atoms with Crippen LogP contribution in [0.1, 0.15) is 68.9 Å². The lowest BCUT2D eigenvalue weighted by Crippen LogP contribution is -2.54. The Morgan fingerprint density at radius 1 is 0.952 bits per heavy atom. The molecule has 328 valence electrons. The lowest BCUT2D eigenvalue weighted by molar-refractivity contribution is -0.136. The normalized spacial score (nSPS) is 16.6. The Kier molecular flexibility index (Phi) is 13.9. The summed E-state index contributed by atoms with van der Waals surface area (Å²) in [6.45, 7) is 2.75. The molecule has 5 heterocycles. The average Bonchev–Trinajstić information content (AvgIpc) is 3.54. The predicted octanol–water partition coefficient (Wildman–Crippen LogP) is 0.962. The van der Waals surface area contributed by atoms with Gasteiger partial charge in [0, 0.05) is 44.4 Å². The van der Waals surface area contributed by atoms with Crippen molar-refractivity contribution in [2.24, 2.45) is 5.73 Å². The zero-order valence-electron chi connectivity index (χ0n) is 34.3. The highest BCUT2D eigenvalue weighted by Gasteiger charge is 2.46. The number of pyridine rings is 1. The number of ether oxygens (including phenoxy) is 2. The van der Waals surface area contributed by atoms with Crippen molar-refractivity contribution in [3.63, 3.8) is 0 Å².